The van der Waals surface area contributed by atoms with Gasteiger partial charge in [-0.2, -0.15) is 0 Å². The second-order valence-corrected chi connectivity index (χ2v) is 6.65. The van der Waals surface area contributed by atoms with Gasteiger partial charge in [-0.1, -0.05) is 26.0 Å². The average molecular weight is 311 g/mol. The van der Waals surface area contributed by atoms with Crippen molar-refractivity contribution in [3.8, 4) is 0 Å². The van der Waals surface area contributed by atoms with Crippen molar-refractivity contribution in [1.82, 2.24) is 15.2 Å². The van der Waals surface area contributed by atoms with Gasteiger partial charge >= 0.3 is 0 Å². The van der Waals surface area contributed by atoms with Crippen molar-refractivity contribution in [1.29, 1.82) is 0 Å². The van der Waals surface area contributed by atoms with E-state index in [1.54, 1.807) is 0 Å². The average Bonchev–Trinajstić information content (AvgIpc) is 2.89. The summed E-state index contributed by atoms with van der Waals surface area (Å²) in [5.74, 6) is 0. The maximum absolute atomic E-state index is 4.24. The summed E-state index contributed by atoms with van der Waals surface area (Å²) >= 11 is 0. The lowest BCUT2D eigenvalue weighted by Crippen LogP contribution is -2.35. The molecule has 124 valence electrons. The van der Waals surface area contributed by atoms with Crippen LogP contribution in [-0.4, -0.2) is 36.1 Å². The number of H-pyrrole nitrogens is 1. The van der Waals surface area contributed by atoms with Gasteiger partial charge in [0.05, 0.1) is 0 Å². The van der Waals surface area contributed by atoms with Crippen LogP contribution in [0.25, 0.3) is 16.6 Å². The first-order valence-corrected chi connectivity index (χ1v) is 8.95. The van der Waals surface area contributed by atoms with E-state index >= 15 is 0 Å². The third kappa shape index (κ3) is 3.61. The molecule has 3 rings (SSSR count). The Balaban J connectivity index is 1.63. The van der Waals surface area contributed by atoms with Gasteiger partial charge in [0.2, 0.25) is 0 Å². The molecule has 1 fully saturated rings. The number of piperidine rings is 1. The lowest BCUT2D eigenvalue weighted by molar-refractivity contribution is 0.232. The number of likely N-dealkylation sites (tertiary alicyclic amines) is 1. The molecule has 0 bridgehead atoms. The Morgan fingerprint density at radius 2 is 2.04 bits per heavy atom. The SMILES string of the molecule is C=C(NCCN1CCCCC1)c1ccc2[nH]c(C)c(CC)c2c1. The first-order chi connectivity index (χ1) is 11.2. The number of aromatic amines is 1. The number of fused-ring (bicyclic) bond motifs is 1. The largest absolute Gasteiger partial charge is 0.384 e. The molecule has 0 spiro atoms. The third-order valence-corrected chi connectivity index (χ3v) is 5.04. The predicted octanol–water partition coefficient (Wildman–Crippen LogP) is 4.08. The van der Waals surface area contributed by atoms with Crippen molar-refractivity contribution in [2.24, 2.45) is 0 Å². The summed E-state index contributed by atoms with van der Waals surface area (Å²) in [5, 5.41) is 4.84. The summed E-state index contributed by atoms with van der Waals surface area (Å²) in [7, 11) is 0. The van der Waals surface area contributed by atoms with Gasteiger partial charge < -0.3 is 15.2 Å². The van der Waals surface area contributed by atoms with Gasteiger partial charge in [-0.05, 0) is 62.5 Å². The van der Waals surface area contributed by atoms with E-state index in [0.717, 1.165) is 25.2 Å². The highest BCUT2D eigenvalue weighted by atomic mass is 15.1. The number of aryl methyl sites for hydroxylation is 2. The van der Waals surface area contributed by atoms with Crippen LogP contribution in [0.5, 0.6) is 0 Å². The molecule has 1 saturated heterocycles. The van der Waals surface area contributed by atoms with E-state index in [1.165, 1.54) is 60.1 Å². The number of nitrogens with zero attached hydrogens (tertiary/aromatic N) is 1. The summed E-state index contributed by atoms with van der Waals surface area (Å²) in [6.07, 6.45) is 5.16. The first-order valence-electron chi connectivity index (χ1n) is 8.95. The van der Waals surface area contributed by atoms with Crippen LogP contribution in [0.4, 0.5) is 0 Å². The molecule has 0 aliphatic carbocycles. The summed E-state index contributed by atoms with van der Waals surface area (Å²) < 4.78 is 0. The molecule has 1 aliphatic heterocycles. The maximum atomic E-state index is 4.24. The van der Waals surface area contributed by atoms with Gasteiger partial charge in [0.15, 0.2) is 0 Å². The molecule has 2 aromatic rings. The quantitative estimate of drug-likeness (QED) is 0.842. The number of hydrogen-bond donors (Lipinski definition) is 2. The topological polar surface area (TPSA) is 31.1 Å². The van der Waals surface area contributed by atoms with Crippen molar-refractivity contribution in [3.63, 3.8) is 0 Å². The van der Waals surface area contributed by atoms with Crippen LogP contribution in [-0.2, 0) is 6.42 Å². The number of benzene rings is 1. The second-order valence-electron chi connectivity index (χ2n) is 6.65. The Hall–Kier alpha value is -1.74. The molecule has 1 aromatic carbocycles. The van der Waals surface area contributed by atoms with Crippen LogP contribution < -0.4 is 5.32 Å². The van der Waals surface area contributed by atoms with E-state index in [4.69, 9.17) is 0 Å². The van der Waals surface area contributed by atoms with Crippen molar-refractivity contribution in [2.45, 2.75) is 39.5 Å². The summed E-state index contributed by atoms with van der Waals surface area (Å²) in [6, 6.07) is 6.61. The zero-order valence-corrected chi connectivity index (χ0v) is 14.5. The van der Waals surface area contributed by atoms with Crippen LogP contribution >= 0.6 is 0 Å². The van der Waals surface area contributed by atoms with Gasteiger partial charge in [0, 0.05) is 35.4 Å². The van der Waals surface area contributed by atoms with Gasteiger partial charge in [0.25, 0.3) is 0 Å². The molecule has 1 aliphatic rings. The number of aromatic nitrogens is 1. The number of nitrogens with one attached hydrogen (secondary N) is 2. The minimum atomic E-state index is 0.976. The Labute approximate surface area is 139 Å². The van der Waals surface area contributed by atoms with Crippen molar-refractivity contribution in [2.75, 3.05) is 26.2 Å². The van der Waals surface area contributed by atoms with Crippen LogP contribution in [0.2, 0.25) is 0 Å². The lowest BCUT2D eigenvalue weighted by Gasteiger charge is -2.26. The molecule has 0 saturated carbocycles. The lowest BCUT2D eigenvalue weighted by atomic mass is 10.0. The number of hydrogen-bond acceptors (Lipinski definition) is 2. The zero-order chi connectivity index (χ0) is 16.2. The molecular formula is C20H29N3. The second kappa shape index (κ2) is 7.22. The molecule has 0 unspecified atom stereocenters. The summed E-state index contributed by atoms with van der Waals surface area (Å²) in [4.78, 5) is 6.03. The molecule has 1 aromatic heterocycles. The fourth-order valence-corrected chi connectivity index (χ4v) is 3.68. The smallest absolute Gasteiger partial charge is 0.0459 e. The van der Waals surface area contributed by atoms with E-state index < -0.39 is 0 Å². The van der Waals surface area contributed by atoms with E-state index in [2.05, 4.69) is 53.8 Å². The molecule has 3 nitrogen and oxygen atoms in total. The first kappa shape index (κ1) is 16.1. The molecule has 2 heterocycles. The van der Waals surface area contributed by atoms with Crippen molar-refractivity contribution in [3.05, 3.63) is 41.6 Å². The van der Waals surface area contributed by atoms with Gasteiger partial charge in [-0.3, -0.25) is 0 Å². The van der Waals surface area contributed by atoms with Crippen LogP contribution in [0.1, 0.15) is 43.0 Å². The van der Waals surface area contributed by atoms with Gasteiger partial charge in [0.1, 0.15) is 0 Å². The monoisotopic (exact) mass is 311 g/mol. The summed E-state index contributed by atoms with van der Waals surface area (Å²) in [5.41, 5.74) is 6.16. The number of rotatable bonds is 6. The fraction of sp³-hybridized carbons (Fsp3) is 0.500. The minimum Gasteiger partial charge on any atom is -0.384 e. The molecule has 3 heteroatoms. The van der Waals surface area contributed by atoms with E-state index in [1.807, 2.05) is 0 Å². The normalized spacial score (nSPS) is 15.9. The third-order valence-electron chi connectivity index (χ3n) is 5.04. The van der Waals surface area contributed by atoms with E-state index in [-0.39, 0.29) is 0 Å². The molecule has 2 N–H and O–H groups in total. The highest BCUT2D eigenvalue weighted by Crippen LogP contribution is 2.25. The minimum absolute atomic E-state index is 0.976. The highest BCUT2D eigenvalue weighted by molar-refractivity contribution is 5.87. The zero-order valence-electron chi connectivity index (χ0n) is 14.5. The van der Waals surface area contributed by atoms with Gasteiger partial charge in [-0.25, -0.2) is 0 Å². The van der Waals surface area contributed by atoms with E-state index in [9.17, 15) is 0 Å². The van der Waals surface area contributed by atoms with Crippen molar-refractivity contribution >= 4 is 16.6 Å². The molecule has 0 amide bonds. The Kier molecular flexibility index (Phi) is 5.06. The van der Waals surface area contributed by atoms with E-state index in [0.29, 0.717) is 0 Å². The Morgan fingerprint density at radius 1 is 1.26 bits per heavy atom. The molecule has 23 heavy (non-hydrogen) atoms. The highest BCUT2D eigenvalue weighted by Gasteiger charge is 2.10. The molecular weight excluding hydrogens is 282 g/mol. The predicted molar refractivity (Wildman–Crippen MR) is 99.7 cm³/mol. The maximum Gasteiger partial charge on any atom is 0.0459 e. The van der Waals surface area contributed by atoms with Crippen LogP contribution in [0, 0.1) is 6.92 Å². The summed E-state index contributed by atoms with van der Waals surface area (Å²) in [6.45, 7) is 13.2. The Morgan fingerprint density at radius 3 is 2.78 bits per heavy atom. The molecule has 0 atom stereocenters. The molecule has 0 radical (unpaired) electrons. The fourth-order valence-electron chi connectivity index (χ4n) is 3.68. The van der Waals surface area contributed by atoms with Crippen molar-refractivity contribution < 1.29 is 0 Å². The Bertz CT molecular complexity index is 677. The van der Waals surface area contributed by atoms with Crippen LogP contribution in [0.3, 0.4) is 0 Å². The van der Waals surface area contributed by atoms with Crippen LogP contribution in [0.15, 0.2) is 24.8 Å². The standard InChI is InChI=1S/C20H29N3/c1-4-18-16(3)22-20-9-8-17(14-19(18)20)15(2)21-10-13-23-11-6-5-7-12-23/h8-9,14,21-22H,2,4-7,10-13H2,1,3H3. The van der Waals surface area contributed by atoms with Gasteiger partial charge in [-0.15, -0.1) is 0 Å².